The Morgan fingerprint density at radius 3 is 2.67 bits per heavy atom. The van der Waals surface area contributed by atoms with E-state index in [2.05, 4.69) is 29.6 Å². The molecule has 0 bridgehead atoms. The molecular weight excluding hydrogens is 220 g/mol. The molecular formula is C16H12N2. The SMILES string of the molecule is N#Cc1ccccc1C1=CCc2ccccc2N1. The van der Waals surface area contributed by atoms with E-state index in [0.717, 1.165) is 23.4 Å². The van der Waals surface area contributed by atoms with Gasteiger partial charge in [-0.05, 0) is 24.1 Å². The minimum Gasteiger partial charge on any atom is -0.355 e. The number of benzene rings is 2. The second kappa shape index (κ2) is 4.38. The maximum absolute atomic E-state index is 9.14. The Labute approximate surface area is 106 Å². The van der Waals surface area contributed by atoms with Crippen molar-refractivity contribution < 1.29 is 0 Å². The zero-order valence-electron chi connectivity index (χ0n) is 9.85. The van der Waals surface area contributed by atoms with E-state index in [-0.39, 0.29) is 0 Å². The zero-order chi connectivity index (χ0) is 12.4. The van der Waals surface area contributed by atoms with E-state index in [1.807, 2.05) is 36.4 Å². The van der Waals surface area contributed by atoms with Gasteiger partial charge in [-0.2, -0.15) is 5.26 Å². The summed E-state index contributed by atoms with van der Waals surface area (Å²) in [5.41, 5.74) is 5.11. The van der Waals surface area contributed by atoms with Crippen LogP contribution in [0.4, 0.5) is 5.69 Å². The minimum atomic E-state index is 0.704. The molecule has 0 fully saturated rings. The van der Waals surface area contributed by atoms with Gasteiger partial charge in [0.15, 0.2) is 0 Å². The third kappa shape index (κ3) is 1.76. The van der Waals surface area contributed by atoms with E-state index in [9.17, 15) is 0 Å². The molecule has 0 saturated heterocycles. The predicted molar refractivity (Wildman–Crippen MR) is 72.9 cm³/mol. The second-order valence-corrected chi connectivity index (χ2v) is 4.26. The highest BCUT2D eigenvalue weighted by atomic mass is 14.9. The maximum atomic E-state index is 9.14. The number of nitrogens with one attached hydrogen (secondary N) is 1. The molecule has 2 aromatic rings. The molecule has 3 rings (SSSR count). The van der Waals surface area contributed by atoms with Crippen molar-refractivity contribution in [3.8, 4) is 6.07 Å². The van der Waals surface area contributed by atoms with Gasteiger partial charge in [0, 0.05) is 16.9 Å². The van der Waals surface area contributed by atoms with Gasteiger partial charge in [0.2, 0.25) is 0 Å². The Morgan fingerprint density at radius 2 is 1.78 bits per heavy atom. The number of allylic oxidation sites excluding steroid dienone is 1. The molecule has 86 valence electrons. The molecule has 18 heavy (non-hydrogen) atoms. The topological polar surface area (TPSA) is 35.8 Å². The van der Waals surface area contributed by atoms with Crippen LogP contribution in [0.1, 0.15) is 16.7 Å². The summed E-state index contributed by atoms with van der Waals surface area (Å²) in [7, 11) is 0. The van der Waals surface area contributed by atoms with Crippen molar-refractivity contribution in [1.82, 2.24) is 0 Å². The predicted octanol–water partition coefficient (Wildman–Crippen LogP) is 3.57. The number of para-hydroxylation sites is 1. The number of rotatable bonds is 1. The lowest BCUT2D eigenvalue weighted by atomic mass is 9.99. The van der Waals surface area contributed by atoms with E-state index in [4.69, 9.17) is 5.26 Å². The number of hydrogen-bond donors (Lipinski definition) is 1. The Hall–Kier alpha value is -2.53. The molecule has 0 atom stereocenters. The van der Waals surface area contributed by atoms with E-state index >= 15 is 0 Å². The fourth-order valence-corrected chi connectivity index (χ4v) is 2.22. The van der Waals surface area contributed by atoms with Crippen LogP contribution in [0.2, 0.25) is 0 Å². The number of anilines is 1. The van der Waals surface area contributed by atoms with Gasteiger partial charge in [-0.15, -0.1) is 0 Å². The van der Waals surface area contributed by atoms with Crippen molar-refractivity contribution in [1.29, 1.82) is 5.26 Å². The Bertz CT molecular complexity index is 663. The van der Waals surface area contributed by atoms with Crippen molar-refractivity contribution in [3.63, 3.8) is 0 Å². The molecule has 2 aromatic carbocycles. The molecule has 1 N–H and O–H groups in total. The monoisotopic (exact) mass is 232 g/mol. The minimum absolute atomic E-state index is 0.704. The first-order valence-corrected chi connectivity index (χ1v) is 5.93. The molecule has 1 aliphatic heterocycles. The number of fused-ring (bicyclic) bond motifs is 1. The van der Waals surface area contributed by atoms with Crippen molar-refractivity contribution in [3.05, 3.63) is 71.3 Å². The average Bonchev–Trinajstić information content (AvgIpc) is 2.46. The summed E-state index contributed by atoms with van der Waals surface area (Å²) in [4.78, 5) is 0. The quantitative estimate of drug-likeness (QED) is 0.815. The molecule has 0 aromatic heterocycles. The van der Waals surface area contributed by atoms with Crippen LogP contribution >= 0.6 is 0 Å². The van der Waals surface area contributed by atoms with E-state index < -0.39 is 0 Å². The van der Waals surface area contributed by atoms with E-state index in [0.29, 0.717) is 5.56 Å². The first-order valence-electron chi connectivity index (χ1n) is 5.93. The molecule has 0 amide bonds. The average molecular weight is 232 g/mol. The van der Waals surface area contributed by atoms with Gasteiger partial charge in [-0.3, -0.25) is 0 Å². The highest BCUT2D eigenvalue weighted by Crippen LogP contribution is 2.28. The van der Waals surface area contributed by atoms with Crippen LogP contribution < -0.4 is 5.32 Å². The summed E-state index contributed by atoms with van der Waals surface area (Å²) in [5, 5.41) is 12.5. The van der Waals surface area contributed by atoms with Crippen LogP contribution in [-0.4, -0.2) is 0 Å². The molecule has 2 nitrogen and oxygen atoms in total. The summed E-state index contributed by atoms with van der Waals surface area (Å²) in [6.07, 6.45) is 3.04. The molecule has 0 saturated carbocycles. The van der Waals surface area contributed by atoms with Crippen molar-refractivity contribution >= 4 is 11.4 Å². The number of hydrogen-bond acceptors (Lipinski definition) is 2. The van der Waals surface area contributed by atoms with Gasteiger partial charge in [0.05, 0.1) is 11.6 Å². The summed E-state index contributed by atoms with van der Waals surface area (Å²) >= 11 is 0. The lowest BCUT2D eigenvalue weighted by molar-refractivity contribution is 1.23. The Kier molecular flexibility index (Phi) is 2.59. The van der Waals surface area contributed by atoms with Gasteiger partial charge in [-0.1, -0.05) is 42.5 Å². The Morgan fingerprint density at radius 1 is 1.00 bits per heavy atom. The van der Waals surface area contributed by atoms with Gasteiger partial charge in [0.25, 0.3) is 0 Å². The van der Waals surface area contributed by atoms with Crippen LogP contribution in [0.25, 0.3) is 5.70 Å². The molecule has 2 heteroatoms. The van der Waals surface area contributed by atoms with Crippen molar-refractivity contribution in [2.24, 2.45) is 0 Å². The van der Waals surface area contributed by atoms with Gasteiger partial charge in [0.1, 0.15) is 0 Å². The normalized spacial score (nSPS) is 12.9. The lowest BCUT2D eigenvalue weighted by Gasteiger charge is -2.20. The highest BCUT2D eigenvalue weighted by molar-refractivity contribution is 5.83. The third-order valence-electron chi connectivity index (χ3n) is 3.15. The molecule has 0 unspecified atom stereocenters. The number of nitrogens with zero attached hydrogens (tertiary/aromatic N) is 1. The van der Waals surface area contributed by atoms with Crippen LogP contribution in [0.5, 0.6) is 0 Å². The first kappa shape index (κ1) is 10.6. The molecule has 1 heterocycles. The van der Waals surface area contributed by atoms with E-state index in [1.54, 1.807) is 0 Å². The Balaban J connectivity index is 2.02. The standard InChI is InChI=1S/C16H12N2/c17-11-13-6-1-3-7-14(13)16-10-9-12-5-2-4-8-15(12)18-16/h1-8,10,18H,9H2. The van der Waals surface area contributed by atoms with Gasteiger partial charge < -0.3 is 5.32 Å². The van der Waals surface area contributed by atoms with E-state index in [1.165, 1.54) is 5.56 Å². The van der Waals surface area contributed by atoms with Crippen molar-refractivity contribution in [2.75, 3.05) is 5.32 Å². The zero-order valence-corrected chi connectivity index (χ0v) is 9.85. The number of nitriles is 1. The van der Waals surface area contributed by atoms with Crippen molar-refractivity contribution in [2.45, 2.75) is 6.42 Å². The smallest absolute Gasteiger partial charge is 0.0998 e. The lowest BCUT2D eigenvalue weighted by Crippen LogP contribution is -2.08. The molecule has 0 spiro atoms. The van der Waals surface area contributed by atoms with Crippen LogP contribution in [0, 0.1) is 11.3 Å². The molecule has 0 aliphatic carbocycles. The fourth-order valence-electron chi connectivity index (χ4n) is 2.22. The summed E-state index contributed by atoms with van der Waals surface area (Å²) < 4.78 is 0. The third-order valence-corrected chi connectivity index (χ3v) is 3.15. The van der Waals surface area contributed by atoms with Gasteiger partial charge in [-0.25, -0.2) is 0 Å². The van der Waals surface area contributed by atoms with Crippen LogP contribution in [0.15, 0.2) is 54.6 Å². The highest BCUT2D eigenvalue weighted by Gasteiger charge is 2.13. The second-order valence-electron chi connectivity index (χ2n) is 4.26. The summed E-state index contributed by atoms with van der Waals surface area (Å²) in [5.74, 6) is 0. The van der Waals surface area contributed by atoms with Crippen LogP contribution in [-0.2, 0) is 6.42 Å². The van der Waals surface area contributed by atoms with Gasteiger partial charge >= 0.3 is 0 Å². The molecule has 1 aliphatic rings. The molecule has 0 radical (unpaired) electrons. The largest absolute Gasteiger partial charge is 0.355 e. The van der Waals surface area contributed by atoms with Crippen LogP contribution in [0.3, 0.4) is 0 Å². The fraction of sp³-hybridized carbons (Fsp3) is 0.0625. The summed E-state index contributed by atoms with van der Waals surface area (Å²) in [6, 6.07) is 18.2. The summed E-state index contributed by atoms with van der Waals surface area (Å²) in [6.45, 7) is 0. The maximum Gasteiger partial charge on any atom is 0.0998 e. The first-order chi connectivity index (χ1) is 8.88.